The predicted molar refractivity (Wildman–Crippen MR) is 78.3 cm³/mol. The molecule has 9 nitrogen and oxygen atoms in total. The van der Waals surface area contributed by atoms with Crippen molar-refractivity contribution < 1.29 is 29.1 Å². The zero-order valence-corrected chi connectivity index (χ0v) is 13.9. The van der Waals surface area contributed by atoms with Gasteiger partial charge in [0.05, 0.1) is 0 Å². The number of amides is 5. The first-order chi connectivity index (χ1) is 10.5. The van der Waals surface area contributed by atoms with Gasteiger partial charge in [0.2, 0.25) is 5.54 Å². The van der Waals surface area contributed by atoms with Gasteiger partial charge < -0.3 is 4.74 Å². The van der Waals surface area contributed by atoms with Crippen LogP contribution in [0.4, 0.5) is 9.59 Å². The quantitative estimate of drug-likeness (QED) is 0.404. The number of hydrogen-bond acceptors (Lipinski definition) is 6. The van der Waals surface area contributed by atoms with Crippen molar-refractivity contribution in [1.29, 1.82) is 0 Å². The van der Waals surface area contributed by atoms with Crippen molar-refractivity contribution in [2.24, 2.45) is 5.92 Å². The van der Waals surface area contributed by atoms with E-state index in [-0.39, 0.29) is 5.06 Å². The second kappa shape index (κ2) is 6.53. The fraction of sp³-hybridized carbons (Fsp3) is 0.714. The van der Waals surface area contributed by atoms with Crippen LogP contribution in [-0.4, -0.2) is 45.3 Å². The molecule has 0 bridgehead atoms. The summed E-state index contributed by atoms with van der Waals surface area (Å²) >= 11 is 0. The summed E-state index contributed by atoms with van der Waals surface area (Å²) in [5, 5.41) is 14.1. The van der Waals surface area contributed by atoms with E-state index in [9.17, 15) is 24.4 Å². The first kappa shape index (κ1) is 18.9. The van der Waals surface area contributed by atoms with E-state index in [1.807, 2.05) is 17.6 Å². The molecule has 0 aromatic rings. The molecule has 1 rings (SSSR count). The molecule has 130 valence electrons. The molecule has 0 aliphatic carbocycles. The molecule has 23 heavy (non-hydrogen) atoms. The van der Waals surface area contributed by atoms with Gasteiger partial charge in [0, 0.05) is 5.92 Å². The molecule has 1 atom stereocenters. The van der Waals surface area contributed by atoms with Crippen LogP contribution in [0.3, 0.4) is 0 Å². The maximum Gasteiger partial charge on any atom is 0.435 e. The largest absolute Gasteiger partial charge is 0.442 e. The molecule has 0 radical (unpaired) electrons. The van der Waals surface area contributed by atoms with Gasteiger partial charge >= 0.3 is 12.1 Å². The lowest BCUT2D eigenvalue weighted by molar-refractivity contribution is -0.191. The van der Waals surface area contributed by atoms with Crippen LogP contribution < -0.4 is 10.6 Å². The molecule has 3 N–H and O–H groups in total. The minimum Gasteiger partial charge on any atom is -0.442 e. The lowest BCUT2D eigenvalue weighted by Crippen LogP contribution is -2.76. The summed E-state index contributed by atoms with van der Waals surface area (Å²) in [4.78, 5) is 48.2. The third kappa shape index (κ3) is 3.61. The number of rotatable bonds is 4. The van der Waals surface area contributed by atoms with Gasteiger partial charge in [0.1, 0.15) is 5.60 Å². The third-order valence-corrected chi connectivity index (χ3v) is 3.48. The van der Waals surface area contributed by atoms with Gasteiger partial charge in [-0.3, -0.25) is 25.4 Å². The number of hydrogen-bond donors (Lipinski definition) is 3. The predicted octanol–water partition coefficient (Wildman–Crippen LogP) is 1.15. The molecule has 0 spiro atoms. The number of nitrogens with one attached hydrogen (secondary N) is 2. The van der Waals surface area contributed by atoms with E-state index in [0.717, 1.165) is 0 Å². The molecule has 1 unspecified atom stereocenters. The van der Waals surface area contributed by atoms with Gasteiger partial charge in [-0.2, -0.15) is 5.06 Å². The average molecular weight is 329 g/mol. The summed E-state index contributed by atoms with van der Waals surface area (Å²) in [5.41, 5.74) is -3.21. The second-order valence-electron chi connectivity index (χ2n) is 6.49. The molecule has 1 aliphatic heterocycles. The SMILES string of the molecule is CCCC(C)C1(N(O)C(=O)OC(C)(C)C)C(=O)NC(=O)NC1=O. The summed E-state index contributed by atoms with van der Waals surface area (Å²) in [5.74, 6) is -2.89. The molecule has 1 saturated heterocycles. The number of imide groups is 2. The summed E-state index contributed by atoms with van der Waals surface area (Å²) in [6.07, 6.45) is -0.297. The van der Waals surface area contributed by atoms with E-state index in [1.165, 1.54) is 6.92 Å². The Morgan fingerprint density at radius 1 is 1.26 bits per heavy atom. The van der Waals surface area contributed by atoms with Gasteiger partial charge in [-0.25, -0.2) is 9.59 Å². The number of hydroxylamine groups is 2. The van der Waals surface area contributed by atoms with Gasteiger partial charge in [-0.05, 0) is 27.2 Å². The minimum atomic E-state index is -2.27. The highest BCUT2D eigenvalue weighted by Crippen LogP contribution is 2.31. The Balaban J connectivity index is 3.29. The number of barbiturate groups is 1. The Morgan fingerprint density at radius 2 is 1.74 bits per heavy atom. The van der Waals surface area contributed by atoms with Crippen molar-refractivity contribution in [1.82, 2.24) is 15.7 Å². The Hall–Kier alpha value is -2.16. The Kier molecular flexibility index (Phi) is 5.36. The van der Waals surface area contributed by atoms with Crippen molar-refractivity contribution in [3.8, 4) is 0 Å². The maximum atomic E-state index is 12.4. The van der Waals surface area contributed by atoms with E-state index >= 15 is 0 Å². The second-order valence-corrected chi connectivity index (χ2v) is 6.49. The fourth-order valence-corrected chi connectivity index (χ4v) is 2.47. The van der Waals surface area contributed by atoms with E-state index in [1.54, 1.807) is 20.8 Å². The highest BCUT2D eigenvalue weighted by atomic mass is 16.6. The van der Waals surface area contributed by atoms with Gasteiger partial charge in [-0.15, -0.1) is 0 Å². The first-order valence-electron chi connectivity index (χ1n) is 7.35. The molecule has 1 fully saturated rings. The molecule has 9 heteroatoms. The summed E-state index contributed by atoms with van der Waals surface area (Å²) in [7, 11) is 0. The molecule has 0 saturated carbocycles. The van der Waals surface area contributed by atoms with Crippen molar-refractivity contribution in [2.45, 2.75) is 58.6 Å². The number of carbonyl (C=O) groups is 4. The van der Waals surface area contributed by atoms with Crippen LogP contribution in [0.2, 0.25) is 0 Å². The highest BCUT2D eigenvalue weighted by molar-refractivity contribution is 6.23. The van der Waals surface area contributed by atoms with Crippen molar-refractivity contribution in [3.05, 3.63) is 0 Å². The van der Waals surface area contributed by atoms with Gasteiger partial charge in [0.25, 0.3) is 11.8 Å². The van der Waals surface area contributed by atoms with Crippen LogP contribution in [0.1, 0.15) is 47.5 Å². The lowest BCUT2D eigenvalue weighted by atomic mass is 9.79. The van der Waals surface area contributed by atoms with Crippen LogP contribution in [0.15, 0.2) is 0 Å². The van der Waals surface area contributed by atoms with Gasteiger partial charge in [0.15, 0.2) is 0 Å². The van der Waals surface area contributed by atoms with Crippen molar-refractivity contribution >= 4 is 23.9 Å². The van der Waals surface area contributed by atoms with E-state index < -0.39 is 41.0 Å². The third-order valence-electron chi connectivity index (χ3n) is 3.48. The first-order valence-corrected chi connectivity index (χ1v) is 7.35. The van der Waals surface area contributed by atoms with Crippen molar-refractivity contribution in [2.75, 3.05) is 0 Å². The summed E-state index contributed by atoms with van der Waals surface area (Å²) < 4.78 is 5.02. The Bertz CT molecular complexity index is 505. The Morgan fingerprint density at radius 3 is 2.13 bits per heavy atom. The average Bonchev–Trinajstić information content (AvgIpc) is 2.36. The lowest BCUT2D eigenvalue weighted by Gasteiger charge is -2.42. The van der Waals surface area contributed by atoms with Crippen molar-refractivity contribution in [3.63, 3.8) is 0 Å². The van der Waals surface area contributed by atoms with E-state index in [4.69, 9.17) is 4.74 Å². The van der Waals surface area contributed by atoms with Crippen LogP contribution in [0.5, 0.6) is 0 Å². The van der Waals surface area contributed by atoms with E-state index in [0.29, 0.717) is 12.8 Å². The van der Waals surface area contributed by atoms with E-state index in [2.05, 4.69) is 0 Å². The molecule has 5 amide bonds. The number of urea groups is 1. The molecule has 1 aliphatic rings. The molecule has 1 heterocycles. The number of nitrogens with zero attached hydrogens (tertiary/aromatic N) is 1. The minimum absolute atomic E-state index is 0.0182. The van der Waals surface area contributed by atoms with Crippen LogP contribution in [0, 0.1) is 5.92 Å². The zero-order chi connectivity index (χ0) is 18.0. The summed E-state index contributed by atoms with van der Waals surface area (Å²) in [6, 6.07) is -1.00. The van der Waals surface area contributed by atoms with Gasteiger partial charge in [-0.1, -0.05) is 20.3 Å². The Labute approximate surface area is 134 Å². The zero-order valence-electron chi connectivity index (χ0n) is 13.9. The number of carbonyl (C=O) groups excluding carboxylic acids is 4. The number of ether oxygens (including phenoxy) is 1. The topological polar surface area (TPSA) is 125 Å². The molecular formula is C14H23N3O6. The van der Waals surface area contributed by atoms with Crippen LogP contribution in [-0.2, 0) is 14.3 Å². The highest BCUT2D eigenvalue weighted by Gasteiger charge is 2.60. The van der Waals surface area contributed by atoms with Crippen LogP contribution >= 0.6 is 0 Å². The van der Waals surface area contributed by atoms with Crippen LogP contribution in [0.25, 0.3) is 0 Å². The molecular weight excluding hydrogens is 306 g/mol. The maximum absolute atomic E-state index is 12.4. The monoisotopic (exact) mass is 329 g/mol. The molecule has 0 aromatic carbocycles. The summed E-state index contributed by atoms with van der Waals surface area (Å²) in [6.45, 7) is 8.08. The molecule has 0 aromatic heterocycles. The normalized spacial score (nSPS) is 18.8. The standard InChI is InChI=1S/C14H23N3O6/c1-6-7-8(2)14(9(18)15-11(20)16-10(14)19)17(22)12(21)23-13(3,4)5/h8,22H,6-7H2,1-5H3,(H2,15,16,18,19,20). The fourth-order valence-electron chi connectivity index (χ4n) is 2.47. The smallest absolute Gasteiger partial charge is 0.435 e.